The van der Waals surface area contributed by atoms with E-state index in [1.807, 2.05) is 30.3 Å². The first-order valence-electron chi connectivity index (χ1n) is 6.68. The summed E-state index contributed by atoms with van der Waals surface area (Å²) in [6.07, 6.45) is 1.72. The van der Waals surface area contributed by atoms with Crippen molar-refractivity contribution in [3.8, 4) is 17.4 Å². The van der Waals surface area contributed by atoms with Crippen molar-refractivity contribution in [2.24, 2.45) is 0 Å². The molecule has 21 heavy (non-hydrogen) atoms. The second-order valence-corrected chi connectivity index (χ2v) is 4.45. The van der Waals surface area contributed by atoms with Crippen LogP contribution >= 0.6 is 0 Å². The van der Waals surface area contributed by atoms with Crippen LogP contribution < -0.4 is 19.5 Å². The minimum Gasteiger partial charge on any atom is -0.497 e. The normalized spacial score (nSPS) is 10.2. The number of nitrogens with one attached hydrogen (secondary N) is 1. The summed E-state index contributed by atoms with van der Waals surface area (Å²) >= 11 is 0. The van der Waals surface area contributed by atoms with Crippen molar-refractivity contribution in [2.75, 3.05) is 21.3 Å². The summed E-state index contributed by atoms with van der Waals surface area (Å²) in [5.41, 5.74) is 2.06. The van der Waals surface area contributed by atoms with Gasteiger partial charge in [-0.3, -0.25) is 0 Å². The van der Waals surface area contributed by atoms with Gasteiger partial charge in [0, 0.05) is 30.4 Å². The van der Waals surface area contributed by atoms with Crippen LogP contribution in [0.2, 0.25) is 0 Å². The van der Waals surface area contributed by atoms with Crippen LogP contribution in [0.5, 0.6) is 17.4 Å². The van der Waals surface area contributed by atoms with E-state index in [0.717, 1.165) is 22.6 Å². The molecule has 5 nitrogen and oxygen atoms in total. The lowest BCUT2D eigenvalue weighted by Crippen LogP contribution is -2.14. The van der Waals surface area contributed by atoms with Gasteiger partial charge in [-0.1, -0.05) is 6.07 Å². The van der Waals surface area contributed by atoms with Gasteiger partial charge >= 0.3 is 0 Å². The molecular formula is C16H20N2O3. The predicted octanol–water partition coefficient (Wildman–Crippen LogP) is 2.40. The molecule has 112 valence electrons. The third-order valence-corrected chi connectivity index (χ3v) is 3.16. The standard InChI is InChI=1S/C16H20N2O3/c1-19-14-6-7-15(20-2)13(9-14)11-17-10-12-5-4-8-18-16(12)21-3/h4-9,17H,10-11H2,1-3H3. The van der Waals surface area contributed by atoms with Gasteiger partial charge in [0.05, 0.1) is 21.3 Å². The molecule has 0 amide bonds. The van der Waals surface area contributed by atoms with E-state index in [-0.39, 0.29) is 0 Å². The molecule has 2 aromatic rings. The van der Waals surface area contributed by atoms with Gasteiger partial charge in [-0.2, -0.15) is 0 Å². The molecule has 2 rings (SSSR count). The zero-order chi connectivity index (χ0) is 15.1. The molecular weight excluding hydrogens is 268 g/mol. The lowest BCUT2D eigenvalue weighted by molar-refractivity contribution is 0.389. The summed E-state index contributed by atoms with van der Waals surface area (Å²) in [6.45, 7) is 1.33. The Morgan fingerprint density at radius 1 is 0.952 bits per heavy atom. The van der Waals surface area contributed by atoms with Crippen LogP contribution in [0.1, 0.15) is 11.1 Å². The van der Waals surface area contributed by atoms with Crippen LogP contribution in [0.15, 0.2) is 36.5 Å². The van der Waals surface area contributed by atoms with Crippen molar-refractivity contribution in [3.63, 3.8) is 0 Å². The smallest absolute Gasteiger partial charge is 0.217 e. The summed E-state index contributed by atoms with van der Waals surface area (Å²) in [7, 11) is 4.94. The number of pyridine rings is 1. The predicted molar refractivity (Wildman–Crippen MR) is 80.9 cm³/mol. The van der Waals surface area contributed by atoms with Gasteiger partial charge in [-0.25, -0.2) is 4.98 Å². The maximum Gasteiger partial charge on any atom is 0.217 e. The van der Waals surface area contributed by atoms with Gasteiger partial charge in [0.25, 0.3) is 0 Å². The number of methoxy groups -OCH3 is 3. The fraction of sp³-hybridized carbons (Fsp3) is 0.312. The molecule has 0 fully saturated rings. The van der Waals surface area contributed by atoms with Gasteiger partial charge in [0.1, 0.15) is 11.5 Å². The molecule has 1 N–H and O–H groups in total. The van der Waals surface area contributed by atoms with Gasteiger partial charge in [0.15, 0.2) is 0 Å². The van der Waals surface area contributed by atoms with Crippen molar-refractivity contribution in [3.05, 3.63) is 47.7 Å². The summed E-state index contributed by atoms with van der Waals surface area (Å²) in [4.78, 5) is 4.18. The third kappa shape index (κ3) is 3.86. The highest BCUT2D eigenvalue weighted by Gasteiger charge is 2.06. The van der Waals surface area contributed by atoms with Crippen molar-refractivity contribution < 1.29 is 14.2 Å². The lowest BCUT2D eigenvalue weighted by Gasteiger charge is -2.12. The molecule has 0 aliphatic heterocycles. The number of aromatic nitrogens is 1. The molecule has 0 radical (unpaired) electrons. The van der Waals surface area contributed by atoms with Crippen LogP contribution in [-0.4, -0.2) is 26.3 Å². The Bertz CT molecular complexity index is 587. The van der Waals surface area contributed by atoms with E-state index in [1.54, 1.807) is 27.5 Å². The van der Waals surface area contributed by atoms with E-state index >= 15 is 0 Å². The molecule has 0 bridgehead atoms. The molecule has 0 saturated carbocycles. The Labute approximate surface area is 124 Å². The minimum absolute atomic E-state index is 0.641. The number of ether oxygens (including phenoxy) is 3. The fourth-order valence-electron chi connectivity index (χ4n) is 2.09. The maximum absolute atomic E-state index is 5.36. The molecule has 0 atom stereocenters. The quantitative estimate of drug-likeness (QED) is 0.848. The van der Waals surface area contributed by atoms with E-state index in [2.05, 4.69) is 10.3 Å². The first kappa shape index (κ1) is 15.1. The second kappa shape index (κ2) is 7.50. The van der Waals surface area contributed by atoms with Crippen molar-refractivity contribution in [1.82, 2.24) is 10.3 Å². The molecule has 1 aromatic heterocycles. The summed E-state index contributed by atoms with van der Waals surface area (Å²) in [6, 6.07) is 9.63. The van der Waals surface area contributed by atoms with E-state index in [0.29, 0.717) is 19.0 Å². The topological polar surface area (TPSA) is 52.6 Å². The van der Waals surface area contributed by atoms with Crippen molar-refractivity contribution in [1.29, 1.82) is 0 Å². The van der Waals surface area contributed by atoms with Crippen molar-refractivity contribution >= 4 is 0 Å². The highest BCUT2D eigenvalue weighted by molar-refractivity contribution is 5.40. The van der Waals surface area contributed by atoms with E-state index in [1.165, 1.54) is 0 Å². The van der Waals surface area contributed by atoms with Crippen LogP contribution in [-0.2, 0) is 13.1 Å². The summed E-state index contributed by atoms with van der Waals surface area (Å²) < 4.78 is 15.8. The SMILES string of the molecule is COc1ccc(OC)c(CNCc2cccnc2OC)c1. The summed E-state index contributed by atoms with van der Waals surface area (Å²) in [5, 5.41) is 3.36. The average molecular weight is 288 g/mol. The molecule has 0 aliphatic rings. The number of nitrogens with zero attached hydrogens (tertiary/aromatic N) is 1. The average Bonchev–Trinajstić information content (AvgIpc) is 2.55. The zero-order valence-corrected chi connectivity index (χ0v) is 12.6. The Hall–Kier alpha value is -2.27. The number of hydrogen-bond acceptors (Lipinski definition) is 5. The van der Waals surface area contributed by atoms with E-state index in [9.17, 15) is 0 Å². The van der Waals surface area contributed by atoms with Gasteiger partial charge in [-0.05, 0) is 24.3 Å². The Morgan fingerprint density at radius 3 is 2.48 bits per heavy atom. The van der Waals surface area contributed by atoms with Crippen LogP contribution in [0.4, 0.5) is 0 Å². The van der Waals surface area contributed by atoms with Crippen LogP contribution in [0, 0.1) is 0 Å². The lowest BCUT2D eigenvalue weighted by atomic mass is 10.2. The monoisotopic (exact) mass is 288 g/mol. The highest BCUT2D eigenvalue weighted by atomic mass is 16.5. The fourth-order valence-corrected chi connectivity index (χ4v) is 2.09. The largest absolute Gasteiger partial charge is 0.497 e. The summed E-state index contributed by atoms with van der Waals surface area (Å²) in [5.74, 6) is 2.29. The number of benzene rings is 1. The van der Waals surface area contributed by atoms with Crippen LogP contribution in [0.25, 0.3) is 0 Å². The van der Waals surface area contributed by atoms with Gasteiger partial charge < -0.3 is 19.5 Å². The maximum atomic E-state index is 5.36. The molecule has 1 heterocycles. The van der Waals surface area contributed by atoms with Crippen LogP contribution in [0.3, 0.4) is 0 Å². The number of hydrogen-bond donors (Lipinski definition) is 1. The zero-order valence-electron chi connectivity index (χ0n) is 12.6. The minimum atomic E-state index is 0.641. The molecule has 0 spiro atoms. The van der Waals surface area contributed by atoms with E-state index < -0.39 is 0 Å². The molecule has 5 heteroatoms. The molecule has 0 unspecified atom stereocenters. The molecule has 1 aromatic carbocycles. The third-order valence-electron chi connectivity index (χ3n) is 3.16. The van der Waals surface area contributed by atoms with E-state index in [4.69, 9.17) is 14.2 Å². The molecule has 0 aliphatic carbocycles. The Morgan fingerprint density at radius 2 is 1.76 bits per heavy atom. The Kier molecular flexibility index (Phi) is 5.40. The second-order valence-electron chi connectivity index (χ2n) is 4.45. The first-order valence-corrected chi connectivity index (χ1v) is 6.68. The van der Waals surface area contributed by atoms with Gasteiger partial charge in [0.2, 0.25) is 5.88 Å². The Balaban J connectivity index is 2.03. The highest BCUT2D eigenvalue weighted by Crippen LogP contribution is 2.24. The molecule has 0 saturated heterocycles. The number of rotatable bonds is 7. The van der Waals surface area contributed by atoms with Gasteiger partial charge in [-0.15, -0.1) is 0 Å². The first-order chi connectivity index (χ1) is 10.3. The van der Waals surface area contributed by atoms with Crippen molar-refractivity contribution in [2.45, 2.75) is 13.1 Å².